The first-order valence-electron chi connectivity index (χ1n) is 9.13. The molecule has 4 N–H and O–H groups in total. The number of carboxylic acids is 1. The van der Waals surface area contributed by atoms with Crippen molar-refractivity contribution in [3.8, 4) is 0 Å². The van der Waals surface area contributed by atoms with Crippen LogP contribution in [0.1, 0.15) is 59.3 Å². The minimum absolute atomic E-state index is 0.0774. The number of carboxylic acid groups (broad SMARTS) is 1. The van der Waals surface area contributed by atoms with E-state index in [1.165, 1.54) is 0 Å². The Morgan fingerprint density at radius 1 is 1.28 bits per heavy atom. The number of ketones is 2. The molecular weight excluding hydrogens is 320 g/mol. The molecule has 0 aromatic heterocycles. The van der Waals surface area contributed by atoms with Crippen LogP contribution in [-0.2, 0) is 14.4 Å². The first kappa shape index (κ1) is 21.5. The van der Waals surface area contributed by atoms with E-state index in [0.717, 1.165) is 19.4 Å². The van der Waals surface area contributed by atoms with Crippen LogP contribution < -0.4 is 11.1 Å². The van der Waals surface area contributed by atoms with Crippen molar-refractivity contribution in [1.29, 1.82) is 0 Å². The highest BCUT2D eigenvalue weighted by Gasteiger charge is 2.35. The molecule has 1 fully saturated rings. The van der Waals surface area contributed by atoms with Crippen LogP contribution in [0.4, 0.5) is 0 Å². The van der Waals surface area contributed by atoms with E-state index in [-0.39, 0.29) is 28.5 Å². The molecule has 0 aromatic carbocycles. The highest BCUT2D eigenvalue weighted by atomic mass is 16.4. The maximum Gasteiger partial charge on any atom is 0.320 e. The lowest BCUT2D eigenvalue weighted by molar-refractivity contribution is -0.138. The van der Waals surface area contributed by atoms with Gasteiger partial charge in [-0.3, -0.25) is 14.4 Å². The smallest absolute Gasteiger partial charge is 0.320 e. The van der Waals surface area contributed by atoms with E-state index in [4.69, 9.17) is 10.8 Å². The molecule has 25 heavy (non-hydrogen) atoms. The topological polar surface area (TPSA) is 109 Å². The summed E-state index contributed by atoms with van der Waals surface area (Å²) in [6.45, 7) is 7.43. The summed E-state index contributed by atoms with van der Waals surface area (Å²) in [5.41, 5.74) is 5.59. The van der Waals surface area contributed by atoms with E-state index >= 15 is 0 Å². The maximum absolute atomic E-state index is 12.4. The Morgan fingerprint density at radius 2 is 1.88 bits per heavy atom. The third kappa shape index (κ3) is 7.48. The van der Waals surface area contributed by atoms with Crippen molar-refractivity contribution in [2.75, 3.05) is 13.1 Å². The normalized spacial score (nSPS) is 19.6. The van der Waals surface area contributed by atoms with Crippen LogP contribution in [0.2, 0.25) is 0 Å². The summed E-state index contributed by atoms with van der Waals surface area (Å²) in [5.74, 6) is -1.33. The fraction of sp³-hybridized carbons (Fsp3) is 0.737. The zero-order valence-corrected chi connectivity index (χ0v) is 15.6. The van der Waals surface area contributed by atoms with Crippen LogP contribution in [0.25, 0.3) is 0 Å². The van der Waals surface area contributed by atoms with Gasteiger partial charge >= 0.3 is 5.97 Å². The van der Waals surface area contributed by atoms with Gasteiger partial charge in [-0.25, -0.2) is 0 Å². The number of nitrogens with two attached hydrogens (primary N) is 1. The monoisotopic (exact) mass is 352 g/mol. The summed E-state index contributed by atoms with van der Waals surface area (Å²) in [5, 5.41) is 12.3. The second-order valence-electron chi connectivity index (χ2n) is 7.78. The van der Waals surface area contributed by atoms with Crippen LogP contribution in [0.3, 0.4) is 0 Å². The third-order valence-electron chi connectivity index (χ3n) is 4.56. The number of nitrogens with one attached hydrogen (secondary N) is 1. The van der Waals surface area contributed by atoms with E-state index in [0.29, 0.717) is 32.2 Å². The standard InChI is InChI=1S/C19H32N2O4/c1-4-5-8-21-12-13(6-7-15(20)18(24)25)9-14-16(22)10-19(2,3)11-17(14)23/h9,13,15,21H,4-8,10-12,20H2,1-3H3,(H,24,25)/t13?,15-/m0/s1. The largest absolute Gasteiger partial charge is 0.480 e. The summed E-state index contributed by atoms with van der Waals surface area (Å²) in [6.07, 6.45) is 5.45. The van der Waals surface area contributed by atoms with Gasteiger partial charge in [0.15, 0.2) is 11.6 Å². The third-order valence-corrected chi connectivity index (χ3v) is 4.56. The number of allylic oxidation sites excluding steroid dienone is 1. The molecule has 0 aliphatic heterocycles. The van der Waals surface area contributed by atoms with Crippen LogP contribution >= 0.6 is 0 Å². The Labute approximate surface area is 150 Å². The second-order valence-corrected chi connectivity index (χ2v) is 7.78. The Kier molecular flexibility index (Phi) is 8.45. The number of unbranched alkanes of at least 4 members (excludes halogenated alkanes) is 1. The Hall–Kier alpha value is -1.53. The van der Waals surface area contributed by atoms with Gasteiger partial charge in [-0.1, -0.05) is 33.3 Å². The van der Waals surface area contributed by atoms with Crippen molar-refractivity contribution in [3.63, 3.8) is 0 Å². The molecule has 0 spiro atoms. The van der Waals surface area contributed by atoms with Gasteiger partial charge in [-0.15, -0.1) is 0 Å². The number of hydrogen-bond donors (Lipinski definition) is 3. The van der Waals surface area contributed by atoms with Gasteiger partial charge in [-0.2, -0.15) is 0 Å². The van der Waals surface area contributed by atoms with Gasteiger partial charge in [0, 0.05) is 19.4 Å². The van der Waals surface area contributed by atoms with Crippen LogP contribution in [0, 0.1) is 11.3 Å². The zero-order chi connectivity index (χ0) is 19.0. The summed E-state index contributed by atoms with van der Waals surface area (Å²) in [4.78, 5) is 35.6. The molecule has 6 nitrogen and oxygen atoms in total. The molecule has 1 saturated carbocycles. The minimum Gasteiger partial charge on any atom is -0.480 e. The molecule has 1 aliphatic rings. The molecule has 0 saturated heterocycles. The zero-order valence-electron chi connectivity index (χ0n) is 15.6. The van der Waals surface area contributed by atoms with Crippen molar-refractivity contribution in [2.24, 2.45) is 17.1 Å². The molecule has 1 rings (SSSR count). The maximum atomic E-state index is 12.4. The molecule has 0 heterocycles. The number of hydrogen-bond acceptors (Lipinski definition) is 5. The second kappa shape index (κ2) is 9.82. The van der Waals surface area contributed by atoms with Crippen LogP contribution in [0.5, 0.6) is 0 Å². The van der Waals surface area contributed by atoms with Crippen molar-refractivity contribution in [3.05, 3.63) is 11.6 Å². The molecule has 2 atom stereocenters. The lowest BCUT2D eigenvalue weighted by atomic mass is 9.73. The predicted octanol–water partition coefficient (Wildman–Crippen LogP) is 2.07. The molecule has 6 heteroatoms. The summed E-state index contributed by atoms with van der Waals surface area (Å²) in [6, 6.07) is -0.923. The highest BCUT2D eigenvalue weighted by Crippen LogP contribution is 2.34. The van der Waals surface area contributed by atoms with Gasteiger partial charge in [0.2, 0.25) is 0 Å². The van der Waals surface area contributed by atoms with E-state index in [1.54, 1.807) is 6.08 Å². The Bertz CT molecular complexity index is 504. The molecular formula is C19H32N2O4. The van der Waals surface area contributed by atoms with E-state index in [2.05, 4.69) is 12.2 Å². The number of aliphatic carboxylic acids is 1. The fourth-order valence-electron chi connectivity index (χ4n) is 3.05. The van der Waals surface area contributed by atoms with Gasteiger partial charge in [0.05, 0.1) is 5.57 Å². The van der Waals surface area contributed by atoms with Crippen molar-refractivity contribution >= 4 is 17.5 Å². The van der Waals surface area contributed by atoms with Crippen molar-refractivity contribution in [2.45, 2.75) is 65.3 Å². The van der Waals surface area contributed by atoms with Gasteiger partial charge in [0.1, 0.15) is 6.04 Å². The lowest BCUT2D eigenvalue weighted by Crippen LogP contribution is -2.34. The summed E-state index contributed by atoms with van der Waals surface area (Å²) < 4.78 is 0. The lowest BCUT2D eigenvalue weighted by Gasteiger charge is -2.29. The predicted molar refractivity (Wildman–Crippen MR) is 97.2 cm³/mol. The molecule has 0 bridgehead atoms. The molecule has 142 valence electrons. The summed E-state index contributed by atoms with van der Waals surface area (Å²) >= 11 is 0. The van der Waals surface area contributed by atoms with E-state index in [1.807, 2.05) is 13.8 Å². The number of carbonyl (C=O) groups is 3. The van der Waals surface area contributed by atoms with E-state index < -0.39 is 12.0 Å². The molecule has 1 unspecified atom stereocenters. The van der Waals surface area contributed by atoms with Crippen LogP contribution in [0.15, 0.2) is 11.6 Å². The molecule has 0 amide bonds. The molecule has 0 radical (unpaired) electrons. The summed E-state index contributed by atoms with van der Waals surface area (Å²) in [7, 11) is 0. The van der Waals surface area contributed by atoms with E-state index in [9.17, 15) is 14.4 Å². The van der Waals surface area contributed by atoms with Gasteiger partial charge in [0.25, 0.3) is 0 Å². The number of Topliss-reactive ketones (excluding diaryl/α,β-unsaturated/α-hetero) is 2. The fourth-order valence-corrected chi connectivity index (χ4v) is 3.05. The van der Waals surface area contributed by atoms with Crippen LogP contribution in [-0.4, -0.2) is 41.8 Å². The number of carbonyl (C=O) groups excluding carboxylic acids is 2. The quantitative estimate of drug-likeness (QED) is 0.315. The Balaban J connectivity index is 2.80. The highest BCUT2D eigenvalue weighted by molar-refractivity contribution is 6.22. The number of rotatable bonds is 10. The SMILES string of the molecule is CCCCNCC(C=C1C(=O)CC(C)(C)CC1=O)CC[C@H](N)C(=O)O. The Morgan fingerprint density at radius 3 is 2.40 bits per heavy atom. The molecule has 1 aliphatic carbocycles. The first-order valence-corrected chi connectivity index (χ1v) is 9.13. The van der Waals surface area contributed by atoms with Crippen molar-refractivity contribution in [1.82, 2.24) is 5.32 Å². The van der Waals surface area contributed by atoms with Gasteiger partial charge in [-0.05, 0) is 37.1 Å². The van der Waals surface area contributed by atoms with Gasteiger partial charge < -0.3 is 16.2 Å². The average molecular weight is 352 g/mol. The average Bonchev–Trinajstić information content (AvgIpc) is 2.50. The molecule has 0 aromatic rings. The minimum atomic E-state index is -1.03. The van der Waals surface area contributed by atoms with Crippen molar-refractivity contribution < 1.29 is 19.5 Å². The first-order chi connectivity index (χ1) is 11.7.